The molecule has 8 atom stereocenters. The lowest BCUT2D eigenvalue weighted by Crippen LogP contribution is -2.70. The average Bonchev–Trinajstić information content (AvgIpc) is 2.97. The zero-order chi connectivity index (χ0) is 22.9. The Morgan fingerprint density at radius 3 is 2.47 bits per heavy atom. The second kappa shape index (κ2) is 7.55. The molecule has 4 nitrogen and oxygen atoms in total. The molecule has 1 aliphatic carbocycles. The zero-order valence-electron chi connectivity index (χ0n) is 18.8. The molecule has 6 rings (SSSR count). The number of benzene rings is 1. The monoisotopic (exact) mass is 452 g/mol. The van der Waals surface area contributed by atoms with Crippen LogP contribution < -0.4 is 0 Å². The SMILES string of the molecule is C=C(C[C@H]1O[C@@H]2O[C@]3(C)CC[C@H]4[C@H](C)CC[C@@H]([C@H]1C)[C@@]24OO3)c1ccc(C(F)(F)F)cc1. The van der Waals surface area contributed by atoms with Gasteiger partial charge in [0.25, 0.3) is 0 Å². The van der Waals surface area contributed by atoms with E-state index in [1.54, 1.807) is 0 Å². The van der Waals surface area contributed by atoms with Crippen molar-refractivity contribution in [3.63, 3.8) is 0 Å². The lowest BCUT2D eigenvalue weighted by Gasteiger charge is -2.60. The van der Waals surface area contributed by atoms with Gasteiger partial charge in [0.15, 0.2) is 11.9 Å². The van der Waals surface area contributed by atoms with Gasteiger partial charge in [-0.05, 0) is 73.6 Å². The molecule has 4 aliphatic heterocycles. The van der Waals surface area contributed by atoms with Crippen LogP contribution in [0.4, 0.5) is 13.2 Å². The molecule has 1 aromatic carbocycles. The van der Waals surface area contributed by atoms with Gasteiger partial charge in [0, 0.05) is 12.3 Å². The third kappa shape index (κ3) is 3.44. The lowest BCUT2D eigenvalue weighted by molar-refractivity contribution is -0.570. The molecule has 1 spiro atoms. The van der Waals surface area contributed by atoms with Crippen molar-refractivity contribution in [1.82, 2.24) is 0 Å². The Hall–Kier alpha value is -1.41. The van der Waals surface area contributed by atoms with E-state index in [9.17, 15) is 13.2 Å². The number of rotatable bonds is 3. The molecule has 7 heteroatoms. The third-order valence-electron chi connectivity index (χ3n) is 8.36. The molecule has 32 heavy (non-hydrogen) atoms. The molecule has 1 saturated carbocycles. The summed E-state index contributed by atoms with van der Waals surface area (Å²) in [6.07, 6.45) is -0.646. The van der Waals surface area contributed by atoms with Crippen molar-refractivity contribution >= 4 is 5.57 Å². The quantitative estimate of drug-likeness (QED) is 0.500. The van der Waals surface area contributed by atoms with Crippen LogP contribution in [-0.2, 0) is 25.4 Å². The van der Waals surface area contributed by atoms with Gasteiger partial charge in [0.2, 0.25) is 5.79 Å². The first-order chi connectivity index (χ1) is 15.0. The van der Waals surface area contributed by atoms with Crippen LogP contribution in [0.2, 0.25) is 0 Å². The van der Waals surface area contributed by atoms with Crippen LogP contribution in [0.5, 0.6) is 0 Å². The number of ether oxygens (including phenoxy) is 2. The van der Waals surface area contributed by atoms with Gasteiger partial charge in [0.05, 0.1) is 11.7 Å². The van der Waals surface area contributed by atoms with Crippen LogP contribution in [0.3, 0.4) is 0 Å². The van der Waals surface area contributed by atoms with Crippen LogP contribution >= 0.6 is 0 Å². The van der Waals surface area contributed by atoms with Crippen LogP contribution in [0.1, 0.15) is 64.0 Å². The maximum atomic E-state index is 12.9. The van der Waals surface area contributed by atoms with E-state index in [2.05, 4.69) is 20.4 Å². The second-order valence-corrected chi connectivity index (χ2v) is 10.3. The van der Waals surface area contributed by atoms with Crippen molar-refractivity contribution in [3.05, 3.63) is 42.0 Å². The van der Waals surface area contributed by atoms with Gasteiger partial charge in [0.1, 0.15) is 0 Å². The Bertz CT molecular complexity index is 884. The fraction of sp³-hybridized carbons (Fsp3) is 0.680. The summed E-state index contributed by atoms with van der Waals surface area (Å²) in [6, 6.07) is 5.18. The Labute approximate surface area is 187 Å². The van der Waals surface area contributed by atoms with Crippen LogP contribution in [0.25, 0.3) is 5.57 Å². The molecule has 5 aliphatic rings. The van der Waals surface area contributed by atoms with Crippen LogP contribution in [0, 0.1) is 23.7 Å². The van der Waals surface area contributed by atoms with Crippen molar-refractivity contribution in [2.45, 2.75) is 82.8 Å². The highest BCUT2D eigenvalue weighted by Gasteiger charge is 2.69. The van der Waals surface area contributed by atoms with E-state index in [4.69, 9.17) is 19.2 Å². The van der Waals surface area contributed by atoms with E-state index in [-0.39, 0.29) is 17.9 Å². The topological polar surface area (TPSA) is 36.9 Å². The molecule has 0 aromatic heterocycles. The average molecular weight is 453 g/mol. The van der Waals surface area contributed by atoms with Gasteiger partial charge in [-0.1, -0.05) is 32.6 Å². The van der Waals surface area contributed by atoms with Gasteiger partial charge in [-0.15, -0.1) is 0 Å². The highest BCUT2D eigenvalue weighted by atomic mass is 19.4. The van der Waals surface area contributed by atoms with Gasteiger partial charge >= 0.3 is 6.18 Å². The Balaban J connectivity index is 1.39. The van der Waals surface area contributed by atoms with Crippen LogP contribution in [-0.4, -0.2) is 23.8 Å². The minimum Gasteiger partial charge on any atom is -0.346 e. The molecule has 4 saturated heterocycles. The number of hydrogen-bond acceptors (Lipinski definition) is 4. The van der Waals surface area contributed by atoms with Crippen LogP contribution in [0.15, 0.2) is 30.8 Å². The molecule has 0 radical (unpaired) electrons. The van der Waals surface area contributed by atoms with Crippen molar-refractivity contribution in [3.8, 4) is 0 Å². The Morgan fingerprint density at radius 1 is 1.06 bits per heavy atom. The third-order valence-corrected chi connectivity index (χ3v) is 8.36. The number of alkyl halides is 3. The van der Waals surface area contributed by atoms with E-state index in [0.717, 1.165) is 43.4 Å². The van der Waals surface area contributed by atoms with E-state index in [1.807, 2.05) is 6.92 Å². The summed E-state index contributed by atoms with van der Waals surface area (Å²) < 4.78 is 51.7. The Kier molecular flexibility index (Phi) is 5.28. The highest BCUT2D eigenvalue weighted by molar-refractivity contribution is 5.64. The first-order valence-corrected chi connectivity index (χ1v) is 11.6. The summed E-state index contributed by atoms with van der Waals surface area (Å²) in [7, 11) is 0. The summed E-state index contributed by atoms with van der Waals surface area (Å²) in [5, 5.41) is 0. The lowest BCUT2D eigenvalue weighted by atomic mass is 9.57. The maximum Gasteiger partial charge on any atom is 0.416 e. The minimum atomic E-state index is -4.35. The number of halogens is 3. The van der Waals surface area contributed by atoms with Crippen molar-refractivity contribution in [1.29, 1.82) is 0 Å². The zero-order valence-corrected chi connectivity index (χ0v) is 18.8. The largest absolute Gasteiger partial charge is 0.416 e. The van der Waals surface area contributed by atoms with Gasteiger partial charge in [-0.25, -0.2) is 9.78 Å². The fourth-order valence-corrected chi connectivity index (χ4v) is 6.47. The summed E-state index contributed by atoms with van der Waals surface area (Å²) in [6.45, 7) is 10.5. The summed E-state index contributed by atoms with van der Waals surface area (Å²) in [4.78, 5) is 12.0. The molecule has 2 bridgehead atoms. The van der Waals surface area contributed by atoms with Gasteiger partial charge in [-0.2, -0.15) is 13.2 Å². The first kappa shape index (κ1) is 22.4. The standard InChI is InChI=1S/C25H31F3O4/c1-14-5-10-20-16(3)21(13-15(2)17-6-8-18(9-7-17)25(26,27)28)29-22-24(20)19(14)11-12-23(4,30-22)31-32-24/h6-9,14,16,19-22H,2,5,10-13H2,1,3-4H3/t14-,16-,19+,20+,21-,22-,23+,24-/m1/s1. The fourth-order valence-electron chi connectivity index (χ4n) is 6.47. The van der Waals surface area contributed by atoms with Crippen molar-refractivity contribution in [2.24, 2.45) is 23.7 Å². The molecule has 0 N–H and O–H groups in total. The maximum absolute atomic E-state index is 12.9. The smallest absolute Gasteiger partial charge is 0.346 e. The van der Waals surface area contributed by atoms with Crippen molar-refractivity contribution < 1.29 is 32.4 Å². The molecule has 0 amide bonds. The van der Waals surface area contributed by atoms with E-state index in [1.165, 1.54) is 12.1 Å². The highest BCUT2D eigenvalue weighted by Crippen LogP contribution is 2.61. The summed E-state index contributed by atoms with van der Waals surface area (Å²) in [5.74, 6) is 0.359. The summed E-state index contributed by atoms with van der Waals surface area (Å²) >= 11 is 0. The Morgan fingerprint density at radius 2 is 1.78 bits per heavy atom. The predicted octanol–water partition coefficient (Wildman–Crippen LogP) is 6.36. The van der Waals surface area contributed by atoms with Gasteiger partial charge in [-0.3, -0.25) is 0 Å². The van der Waals surface area contributed by atoms with E-state index < -0.39 is 29.4 Å². The number of fused-ring (bicyclic) bond motifs is 2. The molecule has 4 heterocycles. The molecule has 5 fully saturated rings. The predicted molar refractivity (Wildman–Crippen MR) is 112 cm³/mol. The minimum absolute atomic E-state index is 0.161. The summed E-state index contributed by atoms with van der Waals surface area (Å²) in [5.41, 5.74) is 0.182. The van der Waals surface area contributed by atoms with Gasteiger partial charge < -0.3 is 9.47 Å². The molecule has 1 aromatic rings. The molecule has 0 unspecified atom stereocenters. The molecule has 176 valence electrons. The molecular formula is C25H31F3O4. The van der Waals surface area contributed by atoms with E-state index in [0.29, 0.717) is 23.8 Å². The number of hydrogen-bond donors (Lipinski definition) is 0. The normalized spacial score (nSPS) is 43.4. The van der Waals surface area contributed by atoms with E-state index >= 15 is 0 Å². The second-order valence-electron chi connectivity index (χ2n) is 10.3. The first-order valence-electron chi connectivity index (χ1n) is 11.6. The molecular weight excluding hydrogens is 421 g/mol. The van der Waals surface area contributed by atoms with Crippen molar-refractivity contribution in [2.75, 3.05) is 0 Å².